The molecular formula is C25H34N4O2. The Bertz CT molecular complexity index is 857. The van der Waals surface area contributed by atoms with E-state index < -0.39 is 0 Å². The minimum absolute atomic E-state index is 0.00680. The van der Waals surface area contributed by atoms with E-state index in [9.17, 15) is 4.79 Å². The molecule has 0 radical (unpaired) electrons. The van der Waals surface area contributed by atoms with Gasteiger partial charge in [0.15, 0.2) is 0 Å². The number of urea groups is 1. The van der Waals surface area contributed by atoms with Crippen molar-refractivity contribution >= 4 is 17.4 Å². The highest BCUT2D eigenvalue weighted by Gasteiger charge is 2.24. The number of piperazine rings is 1. The summed E-state index contributed by atoms with van der Waals surface area (Å²) in [5.74, 6) is 1.50. The number of piperidine rings is 1. The standard InChI is InChI=1S/C25H34N4O2/c1-27-14-16-28(17-15-27)23-19-22(8-9-24(23)31-2)26-25(30)29-12-10-21(11-13-29)18-20-6-4-3-5-7-20/h3-9,19,21H,10-18H2,1-2H3,(H,26,30). The Balaban J connectivity index is 1.34. The van der Waals surface area contributed by atoms with Crippen molar-refractivity contribution in [3.63, 3.8) is 0 Å². The van der Waals surface area contributed by atoms with Gasteiger partial charge in [-0.2, -0.15) is 0 Å². The van der Waals surface area contributed by atoms with Crippen molar-refractivity contribution in [3.8, 4) is 5.75 Å². The molecule has 31 heavy (non-hydrogen) atoms. The minimum Gasteiger partial charge on any atom is -0.495 e. The van der Waals surface area contributed by atoms with Crippen LogP contribution in [-0.4, -0.2) is 69.3 Å². The number of carbonyl (C=O) groups excluding carboxylic acids is 1. The Kier molecular flexibility index (Phi) is 6.97. The topological polar surface area (TPSA) is 48.1 Å². The molecule has 0 saturated carbocycles. The third kappa shape index (κ3) is 5.50. The fraction of sp³-hybridized carbons (Fsp3) is 0.480. The monoisotopic (exact) mass is 422 g/mol. The van der Waals surface area contributed by atoms with Crippen LogP contribution in [0.4, 0.5) is 16.2 Å². The predicted molar refractivity (Wildman–Crippen MR) is 126 cm³/mol. The fourth-order valence-corrected chi connectivity index (χ4v) is 4.55. The largest absolute Gasteiger partial charge is 0.495 e. The summed E-state index contributed by atoms with van der Waals surface area (Å²) >= 11 is 0. The normalized spacial score (nSPS) is 18.1. The fourth-order valence-electron chi connectivity index (χ4n) is 4.55. The van der Waals surface area contributed by atoms with Gasteiger partial charge in [0.25, 0.3) is 0 Å². The van der Waals surface area contributed by atoms with Crippen LogP contribution < -0.4 is 15.0 Å². The molecule has 2 aromatic rings. The van der Waals surface area contributed by atoms with Crippen LogP contribution in [0.5, 0.6) is 5.75 Å². The Labute approximate surface area is 185 Å². The number of rotatable bonds is 5. The highest BCUT2D eigenvalue weighted by molar-refractivity contribution is 5.90. The maximum Gasteiger partial charge on any atom is 0.321 e. The lowest BCUT2D eigenvalue weighted by atomic mass is 9.90. The van der Waals surface area contributed by atoms with Crippen molar-refractivity contribution < 1.29 is 9.53 Å². The molecule has 0 spiro atoms. The maximum absolute atomic E-state index is 12.9. The summed E-state index contributed by atoms with van der Waals surface area (Å²) in [6.07, 6.45) is 3.21. The van der Waals surface area contributed by atoms with Gasteiger partial charge in [-0.05, 0) is 56.0 Å². The van der Waals surface area contributed by atoms with E-state index in [0.29, 0.717) is 5.92 Å². The molecule has 0 bridgehead atoms. The van der Waals surface area contributed by atoms with E-state index in [2.05, 4.69) is 52.5 Å². The number of methoxy groups -OCH3 is 1. The number of anilines is 2. The number of likely N-dealkylation sites (N-methyl/N-ethyl adjacent to an activating group) is 1. The first kappa shape index (κ1) is 21.5. The maximum atomic E-state index is 12.9. The molecule has 0 atom stereocenters. The molecule has 1 N–H and O–H groups in total. The number of ether oxygens (including phenoxy) is 1. The van der Waals surface area contributed by atoms with Gasteiger partial charge >= 0.3 is 6.03 Å². The zero-order valence-corrected chi connectivity index (χ0v) is 18.7. The summed E-state index contributed by atoms with van der Waals surface area (Å²) in [6.45, 7) is 5.59. The molecule has 4 rings (SSSR count). The molecule has 166 valence electrons. The van der Waals surface area contributed by atoms with E-state index >= 15 is 0 Å². The average molecular weight is 423 g/mol. The Morgan fingerprint density at radius 2 is 1.71 bits per heavy atom. The van der Waals surface area contributed by atoms with Crippen LogP contribution in [0.15, 0.2) is 48.5 Å². The summed E-state index contributed by atoms with van der Waals surface area (Å²) in [6, 6.07) is 16.6. The molecule has 2 amide bonds. The number of amides is 2. The summed E-state index contributed by atoms with van der Waals surface area (Å²) in [5, 5.41) is 3.11. The summed E-state index contributed by atoms with van der Waals surface area (Å²) in [4.78, 5) is 19.5. The van der Waals surface area contributed by atoms with Gasteiger partial charge in [-0.3, -0.25) is 0 Å². The first-order valence-electron chi connectivity index (χ1n) is 11.3. The van der Waals surface area contributed by atoms with Crippen LogP contribution in [0.1, 0.15) is 18.4 Å². The Morgan fingerprint density at radius 3 is 2.39 bits per heavy atom. The number of hydrogen-bond acceptors (Lipinski definition) is 4. The van der Waals surface area contributed by atoms with Gasteiger partial charge < -0.3 is 24.8 Å². The van der Waals surface area contributed by atoms with Gasteiger partial charge in [-0.15, -0.1) is 0 Å². The van der Waals surface area contributed by atoms with Gasteiger partial charge in [-0.25, -0.2) is 4.79 Å². The van der Waals surface area contributed by atoms with Crippen molar-refractivity contribution in [2.24, 2.45) is 5.92 Å². The van der Waals surface area contributed by atoms with E-state index in [1.54, 1.807) is 7.11 Å². The molecule has 2 aromatic carbocycles. The van der Waals surface area contributed by atoms with Crippen LogP contribution in [0.2, 0.25) is 0 Å². The van der Waals surface area contributed by atoms with Crippen molar-refractivity contribution in [1.29, 1.82) is 0 Å². The van der Waals surface area contributed by atoms with Crippen molar-refractivity contribution in [1.82, 2.24) is 9.80 Å². The number of hydrogen-bond donors (Lipinski definition) is 1. The lowest BCUT2D eigenvalue weighted by Gasteiger charge is -2.35. The predicted octanol–water partition coefficient (Wildman–Crippen LogP) is 3.93. The van der Waals surface area contributed by atoms with E-state index in [1.165, 1.54) is 5.56 Å². The minimum atomic E-state index is -0.00680. The molecule has 0 aromatic heterocycles. The lowest BCUT2D eigenvalue weighted by Crippen LogP contribution is -2.44. The van der Waals surface area contributed by atoms with Gasteiger partial charge in [0.05, 0.1) is 12.8 Å². The van der Waals surface area contributed by atoms with E-state index in [4.69, 9.17) is 4.74 Å². The molecule has 0 aliphatic carbocycles. The first-order chi connectivity index (χ1) is 15.1. The number of nitrogens with one attached hydrogen (secondary N) is 1. The molecule has 2 saturated heterocycles. The lowest BCUT2D eigenvalue weighted by molar-refractivity contribution is 0.182. The number of nitrogens with zero attached hydrogens (tertiary/aromatic N) is 3. The summed E-state index contributed by atoms with van der Waals surface area (Å²) in [7, 11) is 3.85. The zero-order chi connectivity index (χ0) is 21.6. The molecule has 2 aliphatic heterocycles. The second kappa shape index (κ2) is 10.1. The van der Waals surface area contributed by atoms with Crippen LogP contribution in [0.25, 0.3) is 0 Å². The number of likely N-dealkylation sites (tertiary alicyclic amines) is 1. The Morgan fingerprint density at radius 1 is 1.00 bits per heavy atom. The number of benzene rings is 2. The van der Waals surface area contributed by atoms with Crippen LogP contribution in [0, 0.1) is 5.92 Å². The molecular weight excluding hydrogens is 388 g/mol. The SMILES string of the molecule is COc1ccc(NC(=O)N2CCC(Cc3ccccc3)CC2)cc1N1CCN(C)CC1. The first-order valence-corrected chi connectivity index (χ1v) is 11.3. The molecule has 0 unspecified atom stereocenters. The Hall–Kier alpha value is -2.73. The molecule has 2 heterocycles. The van der Waals surface area contributed by atoms with Gasteiger partial charge in [0, 0.05) is 45.0 Å². The third-order valence-electron chi connectivity index (χ3n) is 6.54. The quantitative estimate of drug-likeness (QED) is 0.793. The van der Waals surface area contributed by atoms with Gasteiger partial charge in [-0.1, -0.05) is 30.3 Å². The van der Waals surface area contributed by atoms with Crippen LogP contribution in [-0.2, 0) is 6.42 Å². The van der Waals surface area contributed by atoms with Crippen LogP contribution in [0.3, 0.4) is 0 Å². The second-order valence-corrected chi connectivity index (χ2v) is 8.73. The van der Waals surface area contributed by atoms with E-state index in [1.807, 2.05) is 23.1 Å². The summed E-state index contributed by atoms with van der Waals surface area (Å²) < 4.78 is 5.58. The van der Waals surface area contributed by atoms with Gasteiger partial charge in [0.2, 0.25) is 0 Å². The number of carbonyl (C=O) groups is 1. The third-order valence-corrected chi connectivity index (χ3v) is 6.54. The zero-order valence-electron chi connectivity index (χ0n) is 18.7. The molecule has 6 heteroatoms. The molecule has 2 fully saturated rings. The van der Waals surface area contributed by atoms with Crippen LogP contribution >= 0.6 is 0 Å². The smallest absolute Gasteiger partial charge is 0.321 e. The highest BCUT2D eigenvalue weighted by Crippen LogP contribution is 2.32. The second-order valence-electron chi connectivity index (χ2n) is 8.73. The van der Waals surface area contributed by atoms with Crippen molar-refractivity contribution in [2.75, 3.05) is 63.6 Å². The van der Waals surface area contributed by atoms with Crippen molar-refractivity contribution in [3.05, 3.63) is 54.1 Å². The van der Waals surface area contributed by atoms with Gasteiger partial charge in [0.1, 0.15) is 5.75 Å². The highest BCUT2D eigenvalue weighted by atomic mass is 16.5. The molecule has 2 aliphatic rings. The van der Waals surface area contributed by atoms with E-state index in [-0.39, 0.29) is 6.03 Å². The summed E-state index contributed by atoms with van der Waals surface area (Å²) in [5.41, 5.74) is 3.26. The molecule has 6 nitrogen and oxygen atoms in total. The van der Waals surface area contributed by atoms with E-state index in [0.717, 1.165) is 75.7 Å². The average Bonchev–Trinajstić information content (AvgIpc) is 2.81. The van der Waals surface area contributed by atoms with Crippen molar-refractivity contribution in [2.45, 2.75) is 19.3 Å².